The highest BCUT2D eigenvalue weighted by atomic mass is 16.5. The number of aryl methyl sites for hydroxylation is 1. The molecular formula is C14H21N3O. The first kappa shape index (κ1) is 12.1. The van der Waals surface area contributed by atoms with Crippen LogP contribution in [0, 0.1) is 6.92 Å². The van der Waals surface area contributed by atoms with Crippen LogP contribution in [-0.2, 0) is 11.3 Å². The minimum atomic E-state index is 0.387. The van der Waals surface area contributed by atoms with Gasteiger partial charge in [0.25, 0.3) is 0 Å². The number of ether oxygens (including phenoxy) is 1. The molecule has 1 N–H and O–H groups in total. The molecule has 2 heterocycles. The minimum absolute atomic E-state index is 0.387. The summed E-state index contributed by atoms with van der Waals surface area (Å²) in [6, 6.07) is 2.81. The molecule has 4 nitrogen and oxygen atoms in total. The Hall–Kier alpha value is -1.00. The van der Waals surface area contributed by atoms with Gasteiger partial charge in [0.1, 0.15) is 5.82 Å². The molecule has 3 rings (SSSR count). The summed E-state index contributed by atoms with van der Waals surface area (Å²) in [6.45, 7) is 4.58. The van der Waals surface area contributed by atoms with Crippen molar-refractivity contribution in [1.82, 2.24) is 15.3 Å². The maximum Gasteiger partial charge on any atom is 0.134 e. The summed E-state index contributed by atoms with van der Waals surface area (Å²) >= 11 is 0. The molecule has 1 aliphatic heterocycles. The average Bonchev–Trinajstić information content (AvgIpc) is 3.21. The van der Waals surface area contributed by atoms with E-state index in [4.69, 9.17) is 9.72 Å². The van der Waals surface area contributed by atoms with Gasteiger partial charge in [0.15, 0.2) is 0 Å². The molecule has 1 aromatic rings. The van der Waals surface area contributed by atoms with Gasteiger partial charge in [0.2, 0.25) is 0 Å². The Balaban J connectivity index is 1.71. The van der Waals surface area contributed by atoms with Gasteiger partial charge in [-0.3, -0.25) is 0 Å². The smallest absolute Gasteiger partial charge is 0.134 e. The number of rotatable bonds is 4. The summed E-state index contributed by atoms with van der Waals surface area (Å²) in [7, 11) is 0. The molecule has 1 saturated carbocycles. The summed E-state index contributed by atoms with van der Waals surface area (Å²) in [6.07, 6.45) is 4.90. The standard InChI is InChI=1S/C14H21N3O/c1-10-7-13(8-15-12-4-5-12)17-14(16-10)11-3-2-6-18-9-11/h7,11-12,15H,2-6,8-9H2,1H3. The van der Waals surface area contributed by atoms with E-state index in [1.54, 1.807) is 0 Å². The van der Waals surface area contributed by atoms with E-state index in [9.17, 15) is 0 Å². The quantitative estimate of drug-likeness (QED) is 0.883. The zero-order valence-corrected chi connectivity index (χ0v) is 11.0. The topological polar surface area (TPSA) is 47.0 Å². The molecule has 1 aromatic heterocycles. The summed E-state index contributed by atoms with van der Waals surface area (Å²) in [4.78, 5) is 9.28. The van der Waals surface area contributed by atoms with Gasteiger partial charge in [-0.15, -0.1) is 0 Å². The first-order chi connectivity index (χ1) is 8.81. The SMILES string of the molecule is Cc1cc(CNC2CC2)nc(C2CCCOC2)n1. The second-order valence-corrected chi connectivity index (χ2v) is 5.43. The molecule has 2 aliphatic rings. The van der Waals surface area contributed by atoms with E-state index in [1.165, 1.54) is 12.8 Å². The van der Waals surface area contributed by atoms with Crippen LogP contribution in [0.1, 0.15) is 48.8 Å². The van der Waals surface area contributed by atoms with Gasteiger partial charge in [-0.05, 0) is 38.7 Å². The molecule has 18 heavy (non-hydrogen) atoms. The Morgan fingerprint density at radius 3 is 2.94 bits per heavy atom. The van der Waals surface area contributed by atoms with Gasteiger partial charge < -0.3 is 10.1 Å². The van der Waals surface area contributed by atoms with Crippen LogP contribution >= 0.6 is 0 Å². The molecule has 0 amide bonds. The van der Waals surface area contributed by atoms with Crippen molar-refractivity contribution in [3.63, 3.8) is 0 Å². The second kappa shape index (κ2) is 5.33. The Labute approximate surface area is 108 Å². The van der Waals surface area contributed by atoms with E-state index in [0.29, 0.717) is 5.92 Å². The molecule has 1 unspecified atom stereocenters. The number of hydrogen-bond donors (Lipinski definition) is 1. The first-order valence-corrected chi connectivity index (χ1v) is 6.97. The lowest BCUT2D eigenvalue weighted by molar-refractivity contribution is 0.0779. The lowest BCUT2D eigenvalue weighted by Crippen LogP contribution is -2.21. The molecule has 0 bridgehead atoms. The van der Waals surface area contributed by atoms with E-state index in [1.807, 2.05) is 0 Å². The third-order valence-electron chi connectivity index (χ3n) is 3.60. The fourth-order valence-electron chi connectivity index (χ4n) is 2.41. The molecule has 98 valence electrons. The monoisotopic (exact) mass is 247 g/mol. The Bertz CT molecular complexity index is 412. The molecule has 1 aliphatic carbocycles. The van der Waals surface area contributed by atoms with E-state index < -0.39 is 0 Å². The van der Waals surface area contributed by atoms with Gasteiger partial charge in [-0.1, -0.05) is 0 Å². The number of aromatic nitrogens is 2. The predicted octanol–water partition coefficient (Wildman–Crippen LogP) is 1.93. The lowest BCUT2D eigenvalue weighted by atomic mass is 10.0. The van der Waals surface area contributed by atoms with E-state index in [2.05, 4.69) is 23.3 Å². The molecule has 0 radical (unpaired) electrons. The Morgan fingerprint density at radius 2 is 2.22 bits per heavy atom. The van der Waals surface area contributed by atoms with Crippen molar-refractivity contribution in [3.8, 4) is 0 Å². The van der Waals surface area contributed by atoms with E-state index in [-0.39, 0.29) is 0 Å². The summed E-state index contributed by atoms with van der Waals surface area (Å²) in [5.41, 5.74) is 2.19. The van der Waals surface area contributed by atoms with Crippen LogP contribution in [-0.4, -0.2) is 29.2 Å². The fourth-order valence-corrected chi connectivity index (χ4v) is 2.41. The van der Waals surface area contributed by atoms with Crippen LogP contribution in [0.5, 0.6) is 0 Å². The molecule has 1 saturated heterocycles. The zero-order chi connectivity index (χ0) is 12.4. The molecular weight excluding hydrogens is 226 g/mol. The van der Waals surface area contributed by atoms with Crippen LogP contribution < -0.4 is 5.32 Å². The van der Waals surface area contributed by atoms with Crippen LogP contribution in [0.3, 0.4) is 0 Å². The van der Waals surface area contributed by atoms with Crippen LogP contribution in [0.4, 0.5) is 0 Å². The maximum atomic E-state index is 5.53. The largest absolute Gasteiger partial charge is 0.381 e. The minimum Gasteiger partial charge on any atom is -0.381 e. The Kier molecular flexibility index (Phi) is 3.57. The van der Waals surface area contributed by atoms with Gasteiger partial charge in [0, 0.05) is 30.8 Å². The molecule has 1 atom stereocenters. The summed E-state index contributed by atoms with van der Waals surface area (Å²) in [5, 5.41) is 3.51. The maximum absolute atomic E-state index is 5.53. The predicted molar refractivity (Wildman–Crippen MR) is 69.4 cm³/mol. The second-order valence-electron chi connectivity index (χ2n) is 5.43. The molecule has 2 fully saturated rings. The van der Waals surface area contributed by atoms with Crippen molar-refractivity contribution in [1.29, 1.82) is 0 Å². The van der Waals surface area contributed by atoms with Gasteiger partial charge >= 0.3 is 0 Å². The van der Waals surface area contributed by atoms with Crippen LogP contribution in [0.2, 0.25) is 0 Å². The van der Waals surface area contributed by atoms with E-state index in [0.717, 1.165) is 55.9 Å². The normalized spacial score (nSPS) is 24.2. The molecule has 4 heteroatoms. The fraction of sp³-hybridized carbons (Fsp3) is 0.714. The van der Waals surface area contributed by atoms with Crippen molar-refractivity contribution in [2.45, 2.75) is 51.1 Å². The number of hydrogen-bond acceptors (Lipinski definition) is 4. The van der Waals surface area contributed by atoms with Crippen LogP contribution in [0.15, 0.2) is 6.07 Å². The molecule has 0 aromatic carbocycles. The highest BCUT2D eigenvalue weighted by molar-refractivity contribution is 5.13. The third kappa shape index (κ3) is 3.06. The highest BCUT2D eigenvalue weighted by Gasteiger charge is 2.22. The van der Waals surface area contributed by atoms with Crippen molar-refractivity contribution in [2.75, 3.05) is 13.2 Å². The molecule has 0 spiro atoms. The number of nitrogens with one attached hydrogen (secondary N) is 1. The number of nitrogens with zero attached hydrogens (tertiary/aromatic N) is 2. The van der Waals surface area contributed by atoms with E-state index >= 15 is 0 Å². The van der Waals surface area contributed by atoms with Gasteiger partial charge in [-0.2, -0.15) is 0 Å². The van der Waals surface area contributed by atoms with Crippen LogP contribution in [0.25, 0.3) is 0 Å². The summed E-state index contributed by atoms with van der Waals surface area (Å²) < 4.78 is 5.53. The Morgan fingerprint density at radius 1 is 1.33 bits per heavy atom. The van der Waals surface area contributed by atoms with Gasteiger partial charge in [-0.25, -0.2) is 9.97 Å². The highest BCUT2D eigenvalue weighted by Crippen LogP contribution is 2.23. The lowest BCUT2D eigenvalue weighted by Gasteiger charge is -2.21. The first-order valence-electron chi connectivity index (χ1n) is 6.97. The third-order valence-corrected chi connectivity index (χ3v) is 3.60. The van der Waals surface area contributed by atoms with Gasteiger partial charge in [0.05, 0.1) is 12.3 Å². The van der Waals surface area contributed by atoms with Crippen molar-refractivity contribution >= 4 is 0 Å². The van der Waals surface area contributed by atoms with Crippen molar-refractivity contribution in [3.05, 3.63) is 23.3 Å². The summed E-state index contributed by atoms with van der Waals surface area (Å²) in [5.74, 6) is 1.36. The van der Waals surface area contributed by atoms with Crippen molar-refractivity contribution in [2.24, 2.45) is 0 Å². The van der Waals surface area contributed by atoms with Crippen molar-refractivity contribution < 1.29 is 4.74 Å². The zero-order valence-electron chi connectivity index (χ0n) is 11.0. The average molecular weight is 247 g/mol.